The van der Waals surface area contributed by atoms with Crippen molar-refractivity contribution in [2.75, 3.05) is 0 Å². The summed E-state index contributed by atoms with van der Waals surface area (Å²) in [5.74, 6) is 1.94. The Kier molecular flexibility index (Phi) is 4.25. The van der Waals surface area contributed by atoms with Crippen molar-refractivity contribution in [3.63, 3.8) is 0 Å². The molecule has 0 saturated carbocycles. The number of aryl methyl sites for hydroxylation is 1. The quantitative estimate of drug-likeness (QED) is 0.332. The Morgan fingerprint density at radius 2 is 1.34 bits per heavy atom. The third kappa shape index (κ3) is 3.20. The van der Waals surface area contributed by atoms with Crippen LogP contribution < -0.4 is 0 Å². The zero-order valence-corrected chi connectivity index (χ0v) is 17.4. The molecule has 0 N–H and O–H groups in total. The molecule has 32 heavy (non-hydrogen) atoms. The molecule has 0 unspecified atom stereocenters. The van der Waals surface area contributed by atoms with Crippen LogP contribution in [0.1, 0.15) is 5.82 Å². The highest BCUT2D eigenvalue weighted by Crippen LogP contribution is 2.32. The molecule has 0 amide bonds. The van der Waals surface area contributed by atoms with Gasteiger partial charge >= 0.3 is 0 Å². The molecule has 3 aromatic carbocycles. The van der Waals surface area contributed by atoms with Crippen LogP contribution in [-0.2, 0) is 0 Å². The predicted octanol–water partition coefficient (Wildman–Crippen LogP) is 6.48. The Morgan fingerprint density at radius 3 is 2.19 bits per heavy atom. The first kappa shape index (κ1) is 18.4. The lowest BCUT2D eigenvalue weighted by atomic mass is 10.0. The van der Waals surface area contributed by atoms with Crippen LogP contribution in [0, 0.1) is 6.92 Å². The molecule has 0 fully saturated rings. The number of hydrogen-bond acceptors (Lipinski definition) is 5. The lowest BCUT2D eigenvalue weighted by molar-refractivity contribution is 0.669. The topological polar surface area (TPSA) is 64.7 Å². The molecule has 5 heteroatoms. The smallest absolute Gasteiger partial charge is 0.163 e. The van der Waals surface area contributed by atoms with E-state index < -0.39 is 0 Å². The number of furan rings is 1. The molecule has 6 aromatic rings. The van der Waals surface area contributed by atoms with Crippen molar-refractivity contribution < 1.29 is 4.42 Å². The summed E-state index contributed by atoms with van der Waals surface area (Å²) in [5.41, 5.74) is 5.64. The second kappa shape index (κ2) is 7.39. The molecule has 0 bridgehead atoms. The van der Waals surface area contributed by atoms with Crippen LogP contribution in [0.15, 0.2) is 95.7 Å². The van der Waals surface area contributed by atoms with Crippen molar-refractivity contribution in [3.8, 4) is 33.9 Å². The van der Waals surface area contributed by atoms with E-state index in [0.717, 1.165) is 44.2 Å². The summed E-state index contributed by atoms with van der Waals surface area (Å²) in [7, 11) is 0. The molecule has 3 heterocycles. The van der Waals surface area contributed by atoms with Gasteiger partial charge in [0.2, 0.25) is 0 Å². The minimum atomic E-state index is 0.627. The van der Waals surface area contributed by atoms with Crippen molar-refractivity contribution in [3.05, 3.63) is 97.1 Å². The van der Waals surface area contributed by atoms with Crippen molar-refractivity contribution in [2.45, 2.75) is 6.92 Å². The highest BCUT2D eigenvalue weighted by atomic mass is 16.3. The van der Waals surface area contributed by atoms with E-state index in [-0.39, 0.29) is 0 Å². The molecule has 0 aliphatic heterocycles. The highest BCUT2D eigenvalue weighted by molar-refractivity contribution is 6.05. The number of hydrogen-bond donors (Lipinski definition) is 0. The van der Waals surface area contributed by atoms with Gasteiger partial charge in [0.1, 0.15) is 17.0 Å². The van der Waals surface area contributed by atoms with E-state index in [4.69, 9.17) is 9.40 Å². The highest BCUT2D eigenvalue weighted by Gasteiger charge is 2.12. The molecule has 0 saturated heterocycles. The van der Waals surface area contributed by atoms with Gasteiger partial charge in [-0.05, 0) is 42.8 Å². The van der Waals surface area contributed by atoms with Gasteiger partial charge in [0.05, 0.1) is 0 Å². The predicted molar refractivity (Wildman–Crippen MR) is 126 cm³/mol. The Balaban J connectivity index is 1.45. The van der Waals surface area contributed by atoms with E-state index >= 15 is 0 Å². The average Bonchev–Trinajstić information content (AvgIpc) is 3.22. The second-order valence-electron chi connectivity index (χ2n) is 7.66. The molecule has 0 aliphatic rings. The van der Waals surface area contributed by atoms with Gasteiger partial charge in [-0.3, -0.25) is 4.98 Å². The summed E-state index contributed by atoms with van der Waals surface area (Å²) in [6.07, 6.45) is 3.62. The Bertz CT molecular complexity index is 1590. The number of fused-ring (bicyclic) bond motifs is 3. The van der Waals surface area contributed by atoms with Crippen LogP contribution in [0.2, 0.25) is 0 Å². The van der Waals surface area contributed by atoms with Gasteiger partial charge in [0, 0.05) is 39.9 Å². The van der Waals surface area contributed by atoms with Crippen LogP contribution >= 0.6 is 0 Å². The van der Waals surface area contributed by atoms with Gasteiger partial charge in [0.15, 0.2) is 11.6 Å². The number of para-hydroxylation sites is 1. The first-order chi connectivity index (χ1) is 15.7. The first-order valence-corrected chi connectivity index (χ1v) is 10.4. The minimum absolute atomic E-state index is 0.627. The molecule has 5 nitrogen and oxygen atoms in total. The van der Waals surface area contributed by atoms with Crippen molar-refractivity contribution >= 4 is 21.9 Å². The monoisotopic (exact) mass is 414 g/mol. The van der Waals surface area contributed by atoms with Gasteiger partial charge in [-0.25, -0.2) is 15.0 Å². The fourth-order valence-electron chi connectivity index (χ4n) is 3.98. The maximum atomic E-state index is 6.05. The summed E-state index contributed by atoms with van der Waals surface area (Å²) in [6.45, 7) is 1.89. The zero-order chi connectivity index (χ0) is 21.5. The minimum Gasteiger partial charge on any atom is -0.456 e. The first-order valence-electron chi connectivity index (χ1n) is 10.4. The third-order valence-electron chi connectivity index (χ3n) is 5.50. The number of nitrogens with zero attached hydrogens (tertiary/aromatic N) is 4. The number of benzene rings is 3. The number of pyridine rings is 1. The van der Waals surface area contributed by atoms with E-state index in [1.165, 1.54) is 0 Å². The zero-order valence-electron chi connectivity index (χ0n) is 17.4. The molecular formula is C27H18N4O. The van der Waals surface area contributed by atoms with Crippen LogP contribution in [0.3, 0.4) is 0 Å². The molecule has 152 valence electrons. The maximum absolute atomic E-state index is 6.05. The van der Waals surface area contributed by atoms with Gasteiger partial charge in [-0.2, -0.15) is 0 Å². The molecule has 0 aliphatic carbocycles. The fourth-order valence-corrected chi connectivity index (χ4v) is 3.98. The maximum Gasteiger partial charge on any atom is 0.163 e. The fraction of sp³-hybridized carbons (Fsp3) is 0.0370. The summed E-state index contributed by atoms with van der Waals surface area (Å²) in [4.78, 5) is 18.2. The van der Waals surface area contributed by atoms with E-state index in [1.54, 1.807) is 6.20 Å². The molecule has 3 aromatic heterocycles. The SMILES string of the molecule is Cc1nc(-c2cccc(-c3cccnc3)c2)nc(-c2ccc3c(c2)oc2ccccc23)n1. The largest absolute Gasteiger partial charge is 0.456 e. The molecule has 0 atom stereocenters. The summed E-state index contributed by atoms with van der Waals surface area (Å²) < 4.78 is 6.05. The lowest BCUT2D eigenvalue weighted by Crippen LogP contribution is -1.99. The summed E-state index contributed by atoms with van der Waals surface area (Å²) in [6, 6.07) is 26.3. The number of aromatic nitrogens is 4. The third-order valence-corrected chi connectivity index (χ3v) is 5.50. The second-order valence-corrected chi connectivity index (χ2v) is 7.66. The summed E-state index contributed by atoms with van der Waals surface area (Å²) >= 11 is 0. The standard InChI is InChI=1S/C27H18N4O/c1-17-29-26(19-7-4-6-18(14-19)21-8-5-13-28-16-21)31-27(30-17)20-11-12-23-22-9-2-3-10-24(22)32-25(23)15-20/h2-16H,1H3. The van der Waals surface area contributed by atoms with Crippen LogP contribution in [0.25, 0.3) is 55.8 Å². The molecular weight excluding hydrogens is 396 g/mol. The average molecular weight is 414 g/mol. The Labute approximate surface area is 184 Å². The van der Waals surface area contributed by atoms with Gasteiger partial charge in [-0.1, -0.05) is 48.5 Å². The van der Waals surface area contributed by atoms with Gasteiger partial charge < -0.3 is 4.42 Å². The van der Waals surface area contributed by atoms with Crippen LogP contribution in [-0.4, -0.2) is 19.9 Å². The van der Waals surface area contributed by atoms with Crippen molar-refractivity contribution in [1.29, 1.82) is 0 Å². The van der Waals surface area contributed by atoms with E-state index in [9.17, 15) is 0 Å². The summed E-state index contributed by atoms with van der Waals surface area (Å²) in [5, 5.41) is 2.19. The van der Waals surface area contributed by atoms with E-state index in [1.807, 2.05) is 67.7 Å². The normalized spacial score (nSPS) is 11.3. The van der Waals surface area contributed by atoms with Crippen LogP contribution in [0.4, 0.5) is 0 Å². The van der Waals surface area contributed by atoms with Gasteiger partial charge in [-0.15, -0.1) is 0 Å². The Hall–Kier alpha value is -4.38. The van der Waals surface area contributed by atoms with Gasteiger partial charge in [0.25, 0.3) is 0 Å². The molecule has 0 radical (unpaired) electrons. The van der Waals surface area contributed by atoms with E-state index in [0.29, 0.717) is 17.5 Å². The van der Waals surface area contributed by atoms with Crippen LogP contribution in [0.5, 0.6) is 0 Å². The molecule has 6 rings (SSSR count). The number of rotatable bonds is 3. The molecule has 0 spiro atoms. The van der Waals surface area contributed by atoms with Crippen molar-refractivity contribution in [1.82, 2.24) is 19.9 Å². The van der Waals surface area contributed by atoms with E-state index in [2.05, 4.69) is 39.2 Å². The van der Waals surface area contributed by atoms with Crippen molar-refractivity contribution in [2.24, 2.45) is 0 Å². The Morgan fingerprint density at radius 1 is 0.594 bits per heavy atom. The lowest BCUT2D eigenvalue weighted by Gasteiger charge is -2.07.